The van der Waals surface area contributed by atoms with Gasteiger partial charge in [-0.2, -0.15) is 0 Å². The van der Waals surface area contributed by atoms with Gasteiger partial charge in [0.15, 0.2) is 0 Å². The number of rotatable bonds is 1. The van der Waals surface area contributed by atoms with E-state index in [0.29, 0.717) is 6.54 Å². The minimum absolute atomic E-state index is 0.148. The van der Waals surface area contributed by atoms with E-state index in [9.17, 15) is 9.90 Å². The molecule has 1 aromatic rings. The van der Waals surface area contributed by atoms with E-state index in [4.69, 9.17) is 0 Å². The van der Waals surface area contributed by atoms with Crippen LogP contribution in [-0.2, 0) is 0 Å². The maximum absolute atomic E-state index is 12.2. The molecule has 1 atom stereocenters. The Hall–Kier alpha value is -1.55. The average molecular weight is 248 g/mol. The standard InChI is InChI=1S/C14H20N2O2/c1-14(2)9-8-12(17)10-16(14)13(18)15-11-6-4-3-5-7-11/h3-7,12,17H,8-10H2,1-2H3,(H,15,18). The van der Waals surface area contributed by atoms with Crippen LogP contribution in [-0.4, -0.2) is 34.2 Å². The van der Waals surface area contributed by atoms with Gasteiger partial charge in [0, 0.05) is 17.8 Å². The molecule has 1 heterocycles. The molecule has 1 aliphatic rings. The SMILES string of the molecule is CC1(C)CCC(O)CN1C(=O)Nc1ccccc1. The van der Waals surface area contributed by atoms with E-state index in [1.54, 1.807) is 4.90 Å². The van der Waals surface area contributed by atoms with Crippen molar-refractivity contribution < 1.29 is 9.90 Å². The van der Waals surface area contributed by atoms with Crippen molar-refractivity contribution in [3.8, 4) is 0 Å². The number of carbonyl (C=O) groups excluding carboxylic acids is 1. The number of urea groups is 1. The number of nitrogens with zero attached hydrogens (tertiary/aromatic N) is 1. The molecule has 98 valence electrons. The molecule has 0 aromatic heterocycles. The number of carbonyl (C=O) groups is 1. The number of nitrogens with one attached hydrogen (secondary N) is 1. The highest BCUT2D eigenvalue weighted by atomic mass is 16.3. The van der Waals surface area contributed by atoms with Gasteiger partial charge in [-0.1, -0.05) is 18.2 Å². The first-order valence-corrected chi connectivity index (χ1v) is 6.31. The molecular formula is C14H20N2O2. The first kappa shape index (κ1) is 12.9. The quantitative estimate of drug-likeness (QED) is 0.802. The number of para-hydroxylation sites is 1. The van der Waals surface area contributed by atoms with Crippen LogP contribution in [0.4, 0.5) is 10.5 Å². The van der Waals surface area contributed by atoms with Crippen molar-refractivity contribution >= 4 is 11.7 Å². The zero-order valence-electron chi connectivity index (χ0n) is 10.9. The van der Waals surface area contributed by atoms with Gasteiger partial charge in [0.2, 0.25) is 0 Å². The monoisotopic (exact) mass is 248 g/mol. The third-order valence-electron chi connectivity index (χ3n) is 3.48. The molecular weight excluding hydrogens is 228 g/mol. The zero-order valence-corrected chi connectivity index (χ0v) is 10.9. The highest BCUT2D eigenvalue weighted by Gasteiger charge is 2.36. The summed E-state index contributed by atoms with van der Waals surface area (Å²) < 4.78 is 0. The lowest BCUT2D eigenvalue weighted by molar-refractivity contribution is 0.0249. The maximum Gasteiger partial charge on any atom is 0.322 e. The van der Waals surface area contributed by atoms with E-state index in [1.165, 1.54) is 0 Å². The van der Waals surface area contributed by atoms with Crippen molar-refractivity contribution in [3.63, 3.8) is 0 Å². The lowest BCUT2D eigenvalue weighted by Crippen LogP contribution is -2.56. The normalized spacial score (nSPS) is 22.6. The van der Waals surface area contributed by atoms with Crippen LogP contribution in [0.3, 0.4) is 0 Å². The number of anilines is 1. The van der Waals surface area contributed by atoms with Crippen molar-refractivity contribution in [2.75, 3.05) is 11.9 Å². The second kappa shape index (κ2) is 4.98. The predicted octanol–water partition coefficient (Wildman–Crippen LogP) is 2.45. The third-order valence-corrected chi connectivity index (χ3v) is 3.48. The maximum atomic E-state index is 12.2. The summed E-state index contributed by atoms with van der Waals surface area (Å²) in [5.41, 5.74) is 0.566. The Morgan fingerprint density at radius 1 is 1.39 bits per heavy atom. The number of likely N-dealkylation sites (tertiary alicyclic amines) is 1. The molecule has 0 radical (unpaired) electrons. The second-order valence-corrected chi connectivity index (χ2v) is 5.41. The molecule has 2 N–H and O–H groups in total. The Kier molecular flexibility index (Phi) is 3.57. The van der Waals surface area contributed by atoms with Crippen LogP contribution in [0.1, 0.15) is 26.7 Å². The number of aliphatic hydroxyl groups is 1. The van der Waals surface area contributed by atoms with Crippen LogP contribution in [0.25, 0.3) is 0 Å². The zero-order chi connectivity index (χ0) is 13.2. The van der Waals surface area contributed by atoms with Crippen LogP contribution < -0.4 is 5.32 Å². The smallest absolute Gasteiger partial charge is 0.322 e. The van der Waals surface area contributed by atoms with Gasteiger partial charge in [-0.05, 0) is 38.8 Å². The Morgan fingerprint density at radius 3 is 2.72 bits per heavy atom. The average Bonchev–Trinajstić information content (AvgIpc) is 2.33. The molecule has 0 aliphatic carbocycles. The minimum Gasteiger partial charge on any atom is -0.391 e. The van der Waals surface area contributed by atoms with E-state index in [0.717, 1.165) is 18.5 Å². The number of amides is 2. The molecule has 1 aliphatic heterocycles. The summed E-state index contributed by atoms with van der Waals surface area (Å²) in [4.78, 5) is 13.9. The number of hydrogen-bond donors (Lipinski definition) is 2. The van der Waals surface area contributed by atoms with Crippen LogP contribution in [0.2, 0.25) is 0 Å². The second-order valence-electron chi connectivity index (χ2n) is 5.41. The fourth-order valence-corrected chi connectivity index (χ4v) is 2.27. The van der Waals surface area contributed by atoms with Gasteiger partial charge in [-0.25, -0.2) is 4.79 Å². The number of benzene rings is 1. The van der Waals surface area contributed by atoms with Gasteiger partial charge in [-0.15, -0.1) is 0 Å². The predicted molar refractivity (Wildman–Crippen MR) is 71.5 cm³/mol. The van der Waals surface area contributed by atoms with Gasteiger partial charge in [0.1, 0.15) is 0 Å². The molecule has 4 heteroatoms. The molecule has 4 nitrogen and oxygen atoms in total. The Balaban J connectivity index is 2.07. The molecule has 1 saturated heterocycles. The number of β-amino-alcohol motifs (C(OH)–C–C–N with tert-alkyl or cyclic N) is 1. The van der Waals surface area contributed by atoms with Crippen molar-refractivity contribution in [2.45, 2.75) is 38.3 Å². The van der Waals surface area contributed by atoms with E-state index in [-0.39, 0.29) is 11.6 Å². The molecule has 2 amide bonds. The summed E-state index contributed by atoms with van der Waals surface area (Å²) in [6.45, 7) is 4.46. The Morgan fingerprint density at radius 2 is 2.06 bits per heavy atom. The van der Waals surface area contributed by atoms with Crippen LogP contribution in [0, 0.1) is 0 Å². The summed E-state index contributed by atoms with van der Waals surface area (Å²) in [6, 6.07) is 9.23. The van der Waals surface area contributed by atoms with E-state index >= 15 is 0 Å². The van der Waals surface area contributed by atoms with Gasteiger partial charge in [0.05, 0.1) is 6.10 Å². The lowest BCUT2D eigenvalue weighted by atomic mass is 9.89. The van der Waals surface area contributed by atoms with E-state index < -0.39 is 6.10 Å². The summed E-state index contributed by atoms with van der Waals surface area (Å²) >= 11 is 0. The summed E-state index contributed by atoms with van der Waals surface area (Å²) in [5.74, 6) is 0. The Labute approximate surface area is 108 Å². The lowest BCUT2D eigenvalue weighted by Gasteiger charge is -2.44. The first-order valence-electron chi connectivity index (χ1n) is 6.31. The summed E-state index contributed by atoms with van der Waals surface area (Å²) in [5, 5.41) is 12.6. The fraction of sp³-hybridized carbons (Fsp3) is 0.500. The highest BCUT2D eigenvalue weighted by molar-refractivity contribution is 5.89. The van der Waals surface area contributed by atoms with Crippen LogP contribution in [0.5, 0.6) is 0 Å². The number of hydrogen-bond acceptors (Lipinski definition) is 2. The van der Waals surface area contributed by atoms with Crippen molar-refractivity contribution in [1.82, 2.24) is 4.90 Å². The van der Waals surface area contributed by atoms with Gasteiger partial charge >= 0.3 is 6.03 Å². The van der Waals surface area contributed by atoms with E-state index in [2.05, 4.69) is 5.32 Å². The van der Waals surface area contributed by atoms with Gasteiger partial charge < -0.3 is 15.3 Å². The number of aliphatic hydroxyl groups excluding tert-OH is 1. The molecule has 0 spiro atoms. The first-order chi connectivity index (χ1) is 8.49. The van der Waals surface area contributed by atoms with Crippen LogP contribution >= 0.6 is 0 Å². The molecule has 1 fully saturated rings. The Bertz CT molecular complexity index is 417. The topological polar surface area (TPSA) is 52.6 Å². The van der Waals surface area contributed by atoms with Crippen molar-refractivity contribution in [1.29, 1.82) is 0 Å². The van der Waals surface area contributed by atoms with Gasteiger partial charge in [0.25, 0.3) is 0 Å². The third kappa shape index (κ3) is 2.82. The highest BCUT2D eigenvalue weighted by Crippen LogP contribution is 2.28. The number of piperidine rings is 1. The molecule has 0 saturated carbocycles. The molecule has 2 rings (SSSR count). The van der Waals surface area contributed by atoms with E-state index in [1.807, 2.05) is 44.2 Å². The summed E-state index contributed by atoms with van der Waals surface area (Å²) in [7, 11) is 0. The van der Waals surface area contributed by atoms with Crippen molar-refractivity contribution in [2.24, 2.45) is 0 Å². The molecule has 1 unspecified atom stereocenters. The van der Waals surface area contributed by atoms with Crippen molar-refractivity contribution in [3.05, 3.63) is 30.3 Å². The largest absolute Gasteiger partial charge is 0.391 e. The van der Waals surface area contributed by atoms with Gasteiger partial charge in [-0.3, -0.25) is 0 Å². The minimum atomic E-state index is -0.417. The van der Waals surface area contributed by atoms with Crippen LogP contribution in [0.15, 0.2) is 30.3 Å². The fourth-order valence-electron chi connectivity index (χ4n) is 2.27. The molecule has 18 heavy (non-hydrogen) atoms. The molecule has 1 aromatic carbocycles. The molecule has 0 bridgehead atoms. The summed E-state index contributed by atoms with van der Waals surface area (Å²) in [6.07, 6.45) is 1.15.